The smallest absolute Gasteiger partial charge is 0.244 e. The van der Waals surface area contributed by atoms with Gasteiger partial charge in [-0.2, -0.15) is 5.10 Å². The van der Waals surface area contributed by atoms with E-state index in [1.807, 2.05) is 30.9 Å². The summed E-state index contributed by atoms with van der Waals surface area (Å²) >= 11 is 15.5. The molecular formula is C18H21BrCl2N4O2. The Morgan fingerprint density at radius 2 is 2.11 bits per heavy atom. The maximum atomic E-state index is 12.8. The van der Waals surface area contributed by atoms with Gasteiger partial charge >= 0.3 is 0 Å². The van der Waals surface area contributed by atoms with Crippen LogP contribution in [0.5, 0.6) is 0 Å². The van der Waals surface area contributed by atoms with Crippen LogP contribution in [0.25, 0.3) is 0 Å². The molecule has 0 aliphatic carbocycles. The van der Waals surface area contributed by atoms with Crippen molar-refractivity contribution in [3.05, 3.63) is 44.1 Å². The Hall–Kier alpha value is -1.28. The zero-order valence-corrected chi connectivity index (χ0v) is 18.2. The molecule has 2 heterocycles. The molecular weight excluding hydrogens is 455 g/mol. The Labute approximate surface area is 176 Å². The third-order valence-corrected chi connectivity index (χ3v) is 6.50. The third kappa shape index (κ3) is 4.26. The summed E-state index contributed by atoms with van der Waals surface area (Å²) in [5.74, 6) is 0.0177. The molecule has 1 aliphatic heterocycles. The minimum atomic E-state index is -0.0952. The zero-order valence-electron chi connectivity index (χ0n) is 15.1. The van der Waals surface area contributed by atoms with E-state index in [0.29, 0.717) is 39.8 Å². The van der Waals surface area contributed by atoms with Gasteiger partial charge in [0, 0.05) is 36.4 Å². The highest BCUT2D eigenvalue weighted by Gasteiger charge is 2.28. The van der Waals surface area contributed by atoms with E-state index in [9.17, 15) is 9.90 Å². The van der Waals surface area contributed by atoms with Crippen molar-refractivity contribution < 1.29 is 9.90 Å². The first-order valence-electron chi connectivity index (χ1n) is 8.64. The standard InChI is InChI=1S/C18H21BrCl2N4O2/c1-11-8-23(14-3-4-15(20)13(7-14)10-26)5-6-24(11)16(27)9-25-12(2)17(21)18(19)22-25/h3-4,7,11,26H,5-6,8-10H2,1-2H3/t11-/m0/s1. The van der Waals surface area contributed by atoms with Crippen molar-refractivity contribution >= 4 is 50.7 Å². The molecule has 1 aromatic carbocycles. The van der Waals surface area contributed by atoms with Crippen LogP contribution in [0.1, 0.15) is 18.2 Å². The SMILES string of the molecule is Cc1c(Cl)c(Br)nn1CC(=O)N1CCN(c2ccc(Cl)c(CO)c2)C[C@@H]1C. The van der Waals surface area contributed by atoms with Gasteiger partial charge in [0.1, 0.15) is 11.1 Å². The molecule has 1 N–H and O–H groups in total. The van der Waals surface area contributed by atoms with E-state index in [1.54, 1.807) is 10.7 Å². The Bertz CT molecular complexity index is 858. The quantitative estimate of drug-likeness (QED) is 0.735. The van der Waals surface area contributed by atoms with Crippen LogP contribution in [0.2, 0.25) is 10.0 Å². The molecule has 1 atom stereocenters. The lowest BCUT2D eigenvalue weighted by atomic mass is 10.1. The molecule has 1 aromatic heterocycles. The summed E-state index contributed by atoms with van der Waals surface area (Å²) in [6.45, 7) is 5.98. The highest BCUT2D eigenvalue weighted by atomic mass is 79.9. The van der Waals surface area contributed by atoms with Gasteiger partial charge in [0.05, 0.1) is 17.3 Å². The van der Waals surface area contributed by atoms with Crippen LogP contribution in [-0.4, -0.2) is 51.4 Å². The molecule has 0 bridgehead atoms. The average Bonchev–Trinajstić information content (AvgIpc) is 2.88. The fraction of sp³-hybridized carbons (Fsp3) is 0.444. The number of rotatable bonds is 4. The van der Waals surface area contributed by atoms with E-state index in [1.165, 1.54) is 0 Å². The van der Waals surface area contributed by atoms with Crippen LogP contribution in [0.15, 0.2) is 22.8 Å². The lowest BCUT2D eigenvalue weighted by Gasteiger charge is -2.41. The van der Waals surface area contributed by atoms with Gasteiger partial charge in [-0.25, -0.2) is 0 Å². The van der Waals surface area contributed by atoms with E-state index >= 15 is 0 Å². The van der Waals surface area contributed by atoms with Crippen molar-refractivity contribution in [2.75, 3.05) is 24.5 Å². The van der Waals surface area contributed by atoms with E-state index in [2.05, 4.69) is 25.9 Å². The molecule has 9 heteroatoms. The molecule has 0 saturated carbocycles. The van der Waals surface area contributed by atoms with Gasteiger partial charge in [-0.1, -0.05) is 23.2 Å². The maximum Gasteiger partial charge on any atom is 0.244 e. The highest BCUT2D eigenvalue weighted by molar-refractivity contribution is 9.10. The molecule has 1 fully saturated rings. The van der Waals surface area contributed by atoms with Gasteiger partial charge in [-0.05, 0) is 53.5 Å². The number of aliphatic hydroxyl groups excluding tert-OH is 1. The number of amides is 1. The number of nitrogens with zero attached hydrogens (tertiary/aromatic N) is 4. The molecule has 0 unspecified atom stereocenters. The topological polar surface area (TPSA) is 61.6 Å². The van der Waals surface area contributed by atoms with Crippen molar-refractivity contribution in [1.82, 2.24) is 14.7 Å². The first kappa shape index (κ1) is 20.5. The van der Waals surface area contributed by atoms with E-state index in [0.717, 1.165) is 11.4 Å². The Balaban J connectivity index is 1.67. The van der Waals surface area contributed by atoms with Crippen molar-refractivity contribution in [3.8, 4) is 0 Å². The molecule has 1 amide bonds. The van der Waals surface area contributed by atoms with Crippen LogP contribution in [0.4, 0.5) is 5.69 Å². The maximum absolute atomic E-state index is 12.8. The van der Waals surface area contributed by atoms with Crippen LogP contribution in [0, 0.1) is 6.92 Å². The number of hydrogen-bond acceptors (Lipinski definition) is 4. The number of piperazine rings is 1. The number of aliphatic hydroxyl groups is 1. The van der Waals surface area contributed by atoms with E-state index < -0.39 is 0 Å². The number of benzene rings is 1. The normalized spacial score (nSPS) is 17.5. The summed E-state index contributed by atoms with van der Waals surface area (Å²) in [5.41, 5.74) is 2.47. The first-order valence-corrected chi connectivity index (χ1v) is 10.2. The van der Waals surface area contributed by atoms with Crippen molar-refractivity contribution in [2.45, 2.75) is 33.0 Å². The lowest BCUT2D eigenvalue weighted by molar-refractivity contribution is -0.134. The molecule has 1 aliphatic rings. The Morgan fingerprint density at radius 1 is 1.37 bits per heavy atom. The molecule has 0 spiro atoms. The largest absolute Gasteiger partial charge is 0.392 e. The zero-order chi connectivity index (χ0) is 19.7. The number of hydrogen-bond donors (Lipinski definition) is 1. The van der Waals surface area contributed by atoms with Crippen molar-refractivity contribution in [1.29, 1.82) is 0 Å². The summed E-state index contributed by atoms with van der Waals surface area (Å²) in [6, 6.07) is 5.69. The number of carbonyl (C=O) groups excluding carboxylic acids is 1. The molecule has 3 rings (SSSR count). The molecule has 0 radical (unpaired) electrons. The predicted molar refractivity (Wildman–Crippen MR) is 110 cm³/mol. The number of aromatic nitrogens is 2. The second-order valence-electron chi connectivity index (χ2n) is 6.66. The summed E-state index contributed by atoms with van der Waals surface area (Å²) in [5, 5.41) is 14.8. The number of carbonyl (C=O) groups is 1. The minimum Gasteiger partial charge on any atom is -0.392 e. The average molecular weight is 476 g/mol. The Morgan fingerprint density at radius 3 is 2.70 bits per heavy atom. The number of halogens is 3. The summed E-state index contributed by atoms with van der Waals surface area (Å²) in [7, 11) is 0. The van der Waals surface area contributed by atoms with Crippen LogP contribution in [-0.2, 0) is 17.9 Å². The van der Waals surface area contributed by atoms with Crippen molar-refractivity contribution in [3.63, 3.8) is 0 Å². The minimum absolute atomic E-state index is 0.0177. The van der Waals surface area contributed by atoms with Crippen LogP contribution < -0.4 is 4.90 Å². The van der Waals surface area contributed by atoms with Gasteiger partial charge in [-0.15, -0.1) is 0 Å². The molecule has 1 saturated heterocycles. The molecule has 27 heavy (non-hydrogen) atoms. The van der Waals surface area contributed by atoms with Gasteiger partial charge in [0.25, 0.3) is 0 Å². The second-order valence-corrected chi connectivity index (χ2v) is 8.20. The summed E-state index contributed by atoms with van der Waals surface area (Å²) in [4.78, 5) is 16.9. The fourth-order valence-corrected chi connectivity index (χ4v) is 4.09. The van der Waals surface area contributed by atoms with Gasteiger partial charge in [-0.3, -0.25) is 9.48 Å². The van der Waals surface area contributed by atoms with Gasteiger partial charge in [0.15, 0.2) is 0 Å². The van der Waals surface area contributed by atoms with E-state index in [-0.39, 0.29) is 25.1 Å². The first-order chi connectivity index (χ1) is 12.8. The van der Waals surface area contributed by atoms with Crippen molar-refractivity contribution in [2.24, 2.45) is 0 Å². The third-order valence-electron chi connectivity index (χ3n) is 4.89. The number of anilines is 1. The Kier molecular flexibility index (Phi) is 6.35. The molecule has 2 aromatic rings. The molecule has 6 nitrogen and oxygen atoms in total. The summed E-state index contributed by atoms with van der Waals surface area (Å²) in [6.07, 6.45) is 0. The lowest BCUT2D eigenvalue weighted by Crippen LogP contribution is -2.54. The van der Waals surface area contributed by atoms with Crippen LogP contribution in [0.3, 0.4) is 0 Å². The van der Waals surface area contributed by atoms with E-state index in [4.69, 9.17) is 23.2 Å². The highest BCUT2D eigenvalue weighted by Crippen LogP contribution is 2.27. The predicted octanol–water partition coefficient (Wildman–Crippen LogP) is 3.49. The molecule has 146 valence electrons. The fourth-order valence-electron chi connectivity index (χ4n) is 3.30. The summed E-state index contributed by atoms with van der Waals surface area (Å²) < 4.78 is 2.18. The van der Waals surface area contributed by atoms with Gasteiger partial charge < -0.3 is 14.9 Å². The van der Waals surface area contributed by atoms with Gasteiger partial charge in [0.2, 0.25) is 5.91 Å². The second kappa shape index (κ2) is 8.39. The monoisotopic (exact) mass is 474 g/mol. The van der Waals surface area contributed by atoms with Crippen LogP contribution >= 0.6 is 39.1 Å².